The van der Waals surface area contributed by atoms with Gasteiger partial charge in [0.2, 0.25) is 0 Å². The van der Waals surface area contributed by atoms with Crippen molar-refractivity contribution in [3.8, 4) is 0 Å². The molecule has 2 N–H and O–H groups in total. The Kier molecular flexibility index (Phi) is 2.09. The minimum absolute atomic E-state index is 0.304. The molecule has 0 spiro atoms. The van der Waals surface area contributed by atoms with E-state index in [0.29, 0.717) is 18.5 Å². The van der Waals surface area contributed by atoms with Crippen molar-refractivity contribution < 1.29 is 4.52 Å². The lowest BCUT2D eigenvalue weighted by atomic mass is 9.93. The Balaban J connectivity index is 2.38. The summed E-state index contributed by atoms with van der Waals surface area (Å²) in [4.78, 5) is 2.27. The fraction of sp³-hybridized carbons (Fsp3) is 0.667. The summed E-state index contributed by atoms with van der Waals surface area (Å²) >= 11 is 0. The molecule has 4 heteroatoms. The zero-order valence-electron chi connectivity index (χ0n) is 8.03. The number of hydrogen-bond acceptors (Lipinski definition) is 4. The Morgan fingerprint density at radius 3 is 3.23 bits per heavy atom. The molecular weight excluding hydrogens is 166 g/mol. The smallest absolute Gasteiger partial charge is 0.147 e. The van der Waals surface area contributed by atoms with Crippen molar-refractivity contribution in [2.45, 2.75) is 18.9 Å². The molecule has 4 nitrogen and oxygen atoms in total. The van der Waals surface area contributed by atoms with Crippen LogP contribution in [0.4, 0.5) is 0 Å². The van der Waals surface area contributed by atoms with E-state index in [4.69, 9.17) is 10.3 Å². The summed E-state index contributed by atoms with van der Waals surface area (Å²) in [6.07, 6.45) is 1.80. The molecule has 0 saturated carbocycles. The molecule has 2 heterocycles. The van der Waals surface area contributed by atoms with Gasteiger partial charge in [-0.15, -0.1) is 0 Å². The highest BCUT2D eigenvalue weighted by Crippen LogP contribution is 2.33. The maximum atomic E-state index is 5.67. The normalized spacial score (nSPS) is 28.8. The maximum absolute atomic E-state index is 5.67. The Morgan fingerprint density at radius 1 is 1.77 bits per heavy atom. The summed E-state index contributed by atoms with van der Waals surface area (Å²) in [7, 11) is 2.10. The predicted octanol–water partition coefficient (Wildman–Crippen LogP) is 0.723. The van der Waals surface area contributed by atoms with Gasteiger partial charge in [0.05, 0.1) is 6.20 Å². The van der Waals surface area contributed by atoms with Crippen LogP contribution >= 0.6 is 0 Å². The van der Waals surface area contributed by atoms with Gasteiger partial charge in [0.25, 0.3) is 0 Å². The molecule has 2 rings (SSSR count). The van der Waals surface area contributed by atoms with E-state index in [2.05, 4.69) is 24.0 Å². The van der Waals surface area contributed by atoms with Crippen LogP contribution in [0.5, 0.6) is 0 Å². The van der Waals surface area contributed by atoms with E-state index >= 15 is 0 Å². The van der Waals surface area contributed by atoms with Crippen LogP contribution in [0.2, 0.25) is 0 Å². The molecule has 72 valence electrons. The number of nitrogens with two attached hydrogens (primary N) is 1. The molecule has 0 aliphatic carbocycles. The van der Waals surface area contributed by atoms with Crippen molar-refractivity contribution in [3.63, 3.8) is 0 Å². The molecule has 1 aliphatic rings. The van der Waals surface area contributed by atoms with E-state index in [0.717, 1.165) is 12.3 Å². The van der Waals surface area contributed by atoms with Crippen molar-refractivity contribution in [2.75, 3.05) is 20.1 Å². The Bertz CT molecular complexity index is 286. The number of aromatic nitrogens is 1. The highest BCUT2D eigenvalue weighted by molar-refractivity contribution is 5.25. The monoisotopic (exact) mass is 181 g/mol. The fourth-order valence-corrected chi connectivity index (χ4v) is 1.89. The van der Waals surface area contributed by atoms with E-state index in [9.17, 15) is 0 Å². The molecule has 0 bridgehead atoms. The first-order chi connectivity index (χ1) is 6.24. The van der Waals surface area contributed by atoms with Crippen LogP contribution in [0.1, 0.15) is 30.2 Å². The Morgan fingerprint density at radius 2 is 2.54 bits per heavy atom. The lowest BCUT2D eigenvalue weighted by Crippen LogP contribution is -2.35. The fourth-order valence-electron chi connectivity index (χ4n) is 1.89. The number of nitrogens with zero attached hydrogens (tertiary/aromatic N) is 2. The topological polar surface area (TPSA) is 55.3 Å². The van der Waals surface area contributed by atoms with Crippen LogP contribution in [-0.2, 0) is 0 Å². The lowest BCUT2D eigenvalue weighted by Gasteiger charge is -2.32. The highest BCUT2D eigenvalue weighted by Gasteiger charge is 2.31. The van der Waals surface area contributed by atoms with Crippen molar-refractivity contribution >= 4 is 0 Å². The van der Waals surface area contributed by atoms with Gasteiger partial charge in [0.1, 0.15) is 5.76 Å². The van der Waals surface area contributed by atoms with Crippen LogP contribution < -0.4 is 5.73 Å². The summed E-state index contributed by atoms with van der Waals surface area (Å²) < 4.78 is 5.22. The molecule has 1 aliphatic heterocycles. The van der Waals surface area contributed by atoms with Gasteiger partial charge in [0, 0.05) is 30.6 Å². The second kappa shape index (κ2) is 3.12. The van der Waals surface area contributed by atoms with E-state index in [-0.39, 0.29) is 0 Å². The number of hydrogen-bond donors (Lipinski definition) is 1. The van der Waals surface area contributed by atoms with E-state index in [1.54, 1.807) is 6.20 Å². The van der Waals surface area contributed by atoms with Gasteiger partial charge in [-0.1, -0.05) is 5.16 Å². The molecule has 13 heavy (non-hydrogen) atoms. The van der Waals surface area contributed by atoms with Crippen LogP contribution in [0.3, 0.4) is 0 Å². The minimum Gasteiger partial charge on any atom is -0.361 e. The summed E-state index contributed by atoms with van der Waals surface area (Å²) in [5.41, 5.74) is 6.85. The molecule has 0 radical (unpaired) electrons. The van der Waals surface area contributed by atoms with Gasteiger partial charge in [-0.2, -0.15) is 0 Å². The summed E-state index contributed by atoms with van der Waals surface area (Å²) in [6.45, 7) is 3.74. The third kappa shape index (κ3) is 1.26. The Labute approximate surface area is 77.7 Å². The lowest BCUT2D eigenvalue weighted by molar-refractivity contribution is 0.202. The van der Waals surface area contributed by atoms with Crippen LogP contribution in [0.25, 0.3) is 0 Å². The largest absolute Gasteiger partial charge is 0.361 e. The van der Waals surface area contributed by atoms with Crippen LogP contribution in [-0.4, -0.2) is 30.2 Å². The highest BCUT2D eigenvalue weighted by atomic mass is 16.5. The molecule has 2 atom stereocenters. The molecule has 0 fully saturated rings. The molecule has 0 amide bonds. The second-order valence-corrected chi connectivity index (χ2v) is 3.69. The van der Waals surface area contributed by atoms with Crippen molar-refractivity contribution in [2.24, 2.45) is 5.73 Å². The maximum Gasteiger partial charge on any atom is 0.147 e. The van der Waals surface area contributed by atoms with Gasteiger partial charge in [-0.25, -0.2) is 0 Å². The third-order valence-electron chi connectivity index (χ3n) is 2.90. The van der Waals surface area contributed by atoms with Gasteiger partial charge in [-0.3, -0.25) is 4.90 Å². The first kappa shape index (κ1) is 8.72. The van der Waals surface area contributed by atoms with Gasteiger partial charge < -0.3 is 10.3 Å². The molecule has 1 aromatic heterocycles. The standard InChI is InChI=1S/C9H15N3O/c1-6-8-4-11-13-9(8)7(3-10)5-12(6)2/h4,6-7H,3,5,10H2,1-2H3. The van der Waals surface area contributed by atoms with E-state index in [1.165, 1.54) is 5.56 Å². The van der Waals surface area contributed by atoms with Gasteiger partial charge >= 0.3 is 0 Å². The predicted molar refractivity (Wildman–Crippen MR) is 49.3 cm³/mol. The second-order valence-electron chi connectivity index (χ2n) is 3.69. The number of fused-ring (bicyclic) bond motifs is 1. The van der Waals surface area contributed by atoms with Gasteiger partial charge in [-0.05, 0) is 14.0 Å². The quantitative estimate of drug-likeness (QED) is 0.693. The Hall–Kier alpha value is -0.870. The number of rotatable bonds is 1. The van der Waals surface area contributed by atoms with Crippen LogP contribution in [0, 0.1) is 0 Å². The summed E-state index contributed by atoms with van der Waals surface area (Å²) in [5.74, 6) is 1.28. The van der Waals surface area contributed by atoms with Crippen molar-refractivity contribution in [1.82, 2.24) is 10.1 Å². The van der Waals surface area contributed by atoms with Crippen molar-refractivity contribution in [1.29, 1.82) is 0 Å². The first-order valence-corrected chi connectivity index (χ1v) is 4.58. The van der Waals surface area contributed by atoms with Crippen LogP contribution in [0.15, 0.2) is 10.7 Å². The summed E-state index contributed by atoms with van der Waals surface area (Å²) in [6, 6.07) is 0.393. The minimum atomic E-state index is 0.304. The zero-order chi connectivity index (χ0) is 9.42. The molecule has 0 aromatic carbocycles. The SMILES string of the molecule is CC1c2cnoc2C(CN)CN1C. The van der Waals surface area contributed by atoms with Gasteiger partial charge in [0.15, 0.2) is 0 Å². The molecular formula is C9H15N3O. The number of likely N-dealkylation sites (N-methyl/N-ethyl adjacent to an activating group) is 1. The third-order valence-corrected chi connectivity index (χ3v) is 2.90. The summed E-state index contributed by atoms with van der Waals surface area (Å²) in [5, 5.41) is 3.83. The van der Waals surface area contributed by atoms with E-state index in [1.807, 2.05) is 0 Å². The molecule has 0 saturated heterocycles. The molecule has 1 aromatic rings. The average Bonchev–Trinajstić information content (AvgIpc) is 2.60. The zero-order valence-corrected chi connectivity index (χ0v) is 8.03. The van der Waals surface area contributed by atoms with E-state index < -0.39 is 0 Å². The molecule has 2 unspecified atom stereocenters. The average molecular weight is 181 g/mol. The van der Waals surface area contributed by atoms with Crippen molar-refractivity contribution in [3.05, 3.63) is 17.5 Å². The first-order valence-electron chi connectivity index (χ1n) is 4.58.